The lowest BCUT2D eigenvalue weighted by Gasteiger charge is -2.17. The van der Waals surface area contributed by atoms with Gasteiger partial charge in [0.25, 0.3) is 0 Å². The average Bonchev–Trinajstić information content (AvgIpc) is 2.88. The van der Waals surface area contributed by atoms with Crippen molar-refractivity contribution in [3.8, 4) is 0 Å². The van der Waals surface area contributed by atoms with Gasteiger partial charge in [0.2, 0.25) is 0 Å². The van der Waals surface area contributed by atoms with Crippen LogP contribution in [0.15, 0.2) is 53.0 Å². The van der Waals surface area contributed by atoms with Crippen LogP contribution in [0.1, 0.15) is 23.5 Å². The van der Waals surface area contributed by atoms with E-state index in [0.29, 0.717) is 5.92 Å². The summed E-state index contributed by atoms with van der Waals surface area (Å²) in [5.41, 5.74) is 2.67. The molecule has 2 aromatic carbocycles. The molecule has 0 aliphatic carbocycles. The first-order chi connectivity index (χ1) is 9.72. The molecule has 1 heterocycles. The molecule has 0 saturated carbocycles. The van der Waals surface area contributed by atoms with Crippen LogP contribution in [0.25, 0.3) is 0 Å². The zero-order valence-electron chi connectivity index (χ0n) is 11.2. The second-order valence-corrected chi connectivity index (χ2v) is 6.70. The summed E-state index contributed by atoms with van der Waals surface area (Å²) in [4.78, 5) is 2.51. The van der Waals surface area contributed by atoms with Crippen LogP contribution in [-0.2, 0) is 6.54 Å². The molecule has 0 aromatic heterocycles. The smallest absolute Gasteiger partial charge is 0.0452 e. The maximum absolute atomic E-state index is 6.37. The second-order valence-electron chi connectivity index (χ2n) is 5.37. The van der Waals surface area contributed by atoms with E-state index in [1.807, 2.05) is 6.07 Å². The lowest BCUT2D eigenvalue weighted by Crippen LogP contribution is -2.19. The van der Waals surface area contributed by atoms with Crippen molar-refractivity contribution in [2.75, 3.05) is 13.1 Å². The lowest BCUT2D eigenvalue weighted by atomic mass is 9.98. The first-order valence-corrected chi connectivity index (χ1v) is 8.11. The van der Waals surface area contributed by atoms with Crippen molar-refractivity contribution in [2.45, 2.75) is 18.9 Å². The molecule has 3 rings (SSSR count). The number of nitrogens with zero attached hydrogens (tertiary/aromatic N) is 1. The highest BCUT2D eigenvalue weighted by atomic mass is 79.9. The van der Waals surface area contributed by atoms with Gasteiger partial charge in [0.05, 0.1) is 0 Å². The van der Waals surface area contributed by atoms with Crippen LogP contribution in [-0.4, -0.2) is 18.0 Å². The number of hydrogen-bond donors (Lipinski definition) is 0. The van der Waals surface area contributed by atoms with E-state index in [2.05, 4.69) is 63.3 Å². The maximum Gasteiger partial charge on any atom is 0.0452 e. The lowest BCUT2D eigenvalue weighted by molar-refractivity contribution is 0.327. The Kier molecular flexibility index (Phi) is 4.45. The molecule has 20 heavy (non-hydrogen) atoms. The van der Waals surface area contributed by atoms with Crippen molar-refractivity contribution < 1.29 is 0 Å². The van der Waals surface area contributed by atoms with Crippen molar-refractivity contribution >= 4 is 27.5 Å². The van der Waals surface area contributed by atoms with Crippen LogP contribution in [0.2, 0.25) is 5.02 Å². The Balaban J connectivity index is 1.67. The van der Waals surface area contributed by atoms with Crippen LogP contribution in [0.5, 0.6) is 0 Å². The van der Waals surface area contributed by atoms with Crippen molar-refractivity contribution in [1.29, 1.82) is 0 Å². The van der Waals surface area contributed by atoms with Gasteiger partial charge in [0, 0.05) is 22.6 Å². The number of likely N-dealkylation sites (tertiary alicyclic amines) is 1. The molecule has 1 aliphatic heterocycles. The minimum atomic E-state index is 0.555. The van der Waals surface area contributed by atoms with Gasteiger partial charge in [-0.3, -0.25) is 4.90 Å². The zero-order valence-corrected chi connectivity index (χ0v) is 13.6. The monoisotopic (exact) mass is 349 g/mol. The minimum Gasteiger partial charge on any atom is -0.298 e. The Labute approximate surface area is 133 Å². The molecule has 2 aromatic rings. The first-order valence-electron chi connectivity index (χ1n) is 6.93. The van der Waals surface area contributed by atoms with Gasteiger partial charge in [-0.25, -0.2) is 0 Å². The second kappa shape index (κ2) is 6.30. The van der Waals surface area contributed by atoms with E-state index >= 15 is 0 Å². The van der Waals surface area contributed by atoms with E-state index in [-0.39, 0.29) is 0 Å². The third-order valence-electron chi connectivity index (χ3n) is 3.92. The van der Waals surface area contributed by atoms with Gasteiger partial charge in [-0.1, -0.05) is 63.9 Å². The first kappa shape index (κ1) is 14.1. The van der Waals surface area contributed by atoms with Gasteiger partial charge in [0.15, 0.2) is 0 Å². The van der Waals surface area contributed by atoms with Crippen LogP contribution >= 0.6 is 27.5 Å². The molecule has 0 amide bonds. The van der Waals surface area contributed by atoms with E-state index in [1.165, 1.54) is 17.5 Å². The van der Waals surface area contributed by atoms with E-state index < -0.39 is 0 Å². The van der Waals surface area contributed by atoms with E-state index in [1.54, 1.807) is 0 Å². The fraction of sp³-hybridized carbons (Fsp3) is 0.294. The van der Waals surface area contributed by atoms with Crippen molar-refractivity contribution in [1.82, 2.24) is 4.90 Å². The molecule has 1 aliphatic rings. The van der Waals surface area contributed by atoms with Crippen molar-refractivity contribution in [2.24, 2.45) is 0 Å². The summed E-state index contributed by atoms with van der Waals surface area (Å²) in [6, 6.07) is 16.9. The molecule has 0 radical (unpaired) electrons. The molecule has 0 bridgehead atoms. The van der Waals surface area contributed by atoms with E-state index in [9.17, 15) is 0 Å². The summed E-state index contributed by atoms with van der Waals surface area (Å²) >= 11 is 9.84. The summed E-state index contributed by atoms with van der Waals surface area (Å²) in [6.07, 6.45) is 1.19. The van der Waals surface area contributed by atoms with Gasteiger partial charge >= 0.3 is 0 Å². The predicted octanol–water partition coefficient (Wildman–Crippen LogP) is 5.09. The van der Waals surface area contributed by atoms with Crippen LogP contribution < -0.4 is 0 Å². The fourth-order valence-corrected chi connectivity index (χ4v) is 3.73. The molecule has 1 fully saturated rings. The van der Waals surface area contributed by atoms with Crippen LogP contribution in [0.3, 0.4) is 0 Å². The number of benzene rings is 2. The highest BCUT2D eigenvalue weighted by Crippen LogP contribution is 2.34. The van der Waals surface area contributed by atoms with Gasteiger partial charge < -0.3 is 0 Å². The third-order valence-corrected chi connectivity index (χ3v) is 4.74. The Morgan fingerprint density at radius 3 is 2.70 bits per heavy atom. The molecular formula is C17H17BrClN. The standard InChI is InChI=1S/C17H17BrClN/c18-15-6-7-16(17(19)10-15)14-8-9-20(12-14)11-13-4-2-1-3-5-13/h1-7,10,14H,8-9,11-12H2. The van der Waals surface area contributed by atoms with Crippen LogP contribution in [0.4, 0.5) is 0 Å². The molecule has 0 spiro atoms. The molecule has 104 valence electrons. The molecule has 1 nitrogen and oxygen atoms in total. The topological polar surface area (TPSA) is 3.24 Å². The molecule has 3 heteroatoms. The Bertz CT molecular complexity index is 585. The van der Waals surface area contributed by atoms with Gasteiger partial charge in [-0.2, -0.15) is 0 Å². The van der Waals surface area contributed by atoms with Crippen molar-refractivity contribution in [3.05, 3.63) is 69.2 Å². The van der Waals surface area contributed by atoms with Crippen molar-refractivity contribution in [3.63, 3.8) is 0 Å². The highest BCUT2D eigenvalue weighted by molar-refractivity contribution is 9.10. The fourth-order valence-electron chi connectivity index (χ4n) is 2.90. The van der Waals surface area contributed by atoms with Gasteiger partial charge in [-0.15, -0.1) is 0 Å². The average molecular weight is 351 g/mol. The van der Waals surface area contributed by atoms with Gasteiger partial charge in [-0.05, 0) is 42.1 Å². The normalized spacial score (nSPS) is 19.4. The molecular weight excluding hydrogens is 334 g/mol. The summed E-state index contributed by atoms with van der Waals surface area (Å²) < 4.78 is 1.05. The molecule has 1 saturated heterocycles. The molecule has 1 atom stereocenters. The zero-order chi connectivity index (χ0) is 13.9. The Morgan fingerprint density at radius 1 is 1.15 bits per heavy atom. The Hall–Kier alpha value is -0.830. The third kappa shape index (κ3) is 3.25. The minimum absolute atomic E-state index is 0.555. The van der Waals surface area contributed by atoms with E-state index in [4.69, 9.17) is 11.6 Å². The Morgan fingerprint density at radius 2 is 1.95 bits per heavy atom. The highest BCUT2D eigenvalue weighted by Gasteiger charge is 2.25. The maximum atomic E-state index is 6.37. The number of rotatable bonds is 3. The number of hydrogen-bond acceptors (Lipinski definition) is 1. The summed E-state index contributed by atoms with van der Waals surface area (Å²) in [5.74, 6) is 0.555. The van der Waals surface area contributed by atoms with Crippen LogP contribution in [0, 0.1) is 0 Å². The number of halogens is 2. The summed E-state index contributed by atoms with van der Waals surface area (Å²) in [6.45, 7) is 3.27. The SMILES string of the molecule is Clc1cc(Br)ccc1C1CCN(Cc2ccccc2)C1. The molecule has 1 unspecified atom stereocenters. The van der Waals surface area contributed by atoms with E-state index in [0.717, 1.165) is 29.1 Å². The molecule has 0 N–H and O–H groups in total. The largest absolute Gasteiger partial charge is 0.298 e. The van der Waals surface area contributed by atoms with Gasteiger partial charge in [0.1, 0.15) is 0 Å². The predicted molar refractivity (Wildman–Crippen MR) is 88.2 cm³/mol. The quantitative estimate of drug-likeness (QED) is 0.745. The summed E-state index contributed by atoms with van der Waals surface area (Å²) in [5, 5.41) is 0.880. The summed E-state index contributed by atoms with van der Waals surface area (Å²) in [7, 11) is 0.